The standard InChI is InChI=1S/C26H18BrCl3N2O6/c1-36-22-11-20(23(37-2)10-19(22)30)32-25(34)16(24(33)31-26(32)35)7-13-3-6-21(17(27)8-13)38-12-14-4-5-15(28)9-18(14)29/h3-11H,12H2,1-2H3,(H,31,33,35)/b16-7+. The highest BCUT2D eigenvalue weighted by atomic mass is 79.9. The Morgan fingerprint density at radius 3 is 2.29 bits per heavy atom. The fourth-order valence-corrected chi connectivity index (χ4v) is 4.78. The Balaban J connectivity index is 1.62. The number of barbiturate groups is 1. The molecule has 3 aromatic rings. The van der Waals surface area contributed by atoms with Crippen molar-refractivity contribution in [3.8, 4) is 17.2 Å². The molecule has 3 aromatic carbocycles. The van der Waals surface area contributed by atoms with Crippen molar-refractivity contribution in [2.45, 2.75) is 6.61 Å². The highest BCUT2D eigenvalue weighted by Crippen LogP contribution is 2.39. The molecule has 4 amide bonds. The molecule has 0 atom stereocenters. The molecule has 4 rings (SSSR count). The van der Waals surface area contributed by atoms with Crippen LogP contribution in [0.1, 0.15) is 11.1 Å². The van der Waals surface area contributed by atoms with Gasteiger partial charge in [0.25, 0.3) is 11.8 Å². The van der Waals surface area contributed by atoms with Gasteiger partial charge in [0, 0.05) is 27.7 Å². The third kappa shape index (κ3) is 5.76. The number of carbonyl (C=O) groups excluding carboxylic acids is 3. The predicted molar refractivity (Wildman–Crippen MR) is 148 cm³/mol. The zero-order valence-corrected chi connectivity index (χ0v) is 23.7. The second-order valence-electron chi connectivity index (χ2n) is 7.83. The Hall–Kier alpha value is -3.24. The molecule has 1 saturated heterocycles. The van der Waals surface area contributed by atoms with Crippen LogP contribution in [0, 0.1) is 0 Å². The van der Waals surface area contributed by atoms with Gasteiger partial charge in [-0.3, -0.25) is 14.9 Å². The number of amides is 4. The van der Waals surface area contributed by atoms with Gasteiger partial charge in [-0.05, 0) is 51.8 Å². The van der Waals surface area contributed by atoms with E-state index in [4.69, 9.17) is 49.0 Å². The van der Waals surface area contributed by atoms with E-state index in [1.54, 1.807) is 36.4 Å². The first-order valence-electron chi connectivity index (χ1n) is 10.8. The van der Waals surface area contributed by atoms with Crippen molar-refractivity contribution in [1.82, 2.24) is 5.32 Å². The lowest BCUT2D eigenvalue weighted by Gasteiger charge is -2.28. The molecule has 0 radical (unpaired) electrons. The number of halogens is 4. The Labute approximate surface area is 241 Å². The maximum absolute atomic E-state index is 13.4. The number of imide groups is 2. The molecule has 0 aliphatic carbocycles. The van der Waals surface area contributed by atoms with Crippen molar-refractivity contribution >= 4 is 80.3 Å². The molecule has 12 heteroatoms. The van der Waals surface area contributed by atoms with Crippen LogP contribution in [-0.4, -0.2) is 32.1 Å². The Kier molecular flexibility index (Phi) is 8.52. The number of benzene rings is 3. The maximum Gasteiger partial charge on any atom is 0.336 e. The lowest BCUT2D eigenvalue weighted by molar-refractivity contribution is -0.122. The molecule has 1 aliphatic rings. The number of anilines is 1. The van der Waals surface area contributed by atoms with Crippen LogP contribution in [0.3, 0.4) is 0 Å². The largest absolute Gasteiger partial charge is 0.495 e. The number of nitrogens with zero attached hydrogens (tertiary/aromatic N) is 1. The minimum Gasteiger partial charge on any atom is -0.495 e. The van der Waals surface area contributed by atoms with E-state index in [9.17, 15) is 14.4 Å². The number of carbonyl (C=O) groups is 3. The van der Waals surface area contributed by atoms with Gasteiger partial charge in [0.2, 0.25) is 0 Å². The molecule has 0 spiro atoms. The van der Waals surface area contributed by atoms with Crippen molar-refractivity contribution in [2.75, 3.05) is 19.1 Å². The van der Waals surface area contributed by atoms with E-state index >= 15 is 0 Å². The Bertz CT molecular complexity index is 1490. The summed E-state index contributed by atoms with van der Waals surface area (Å²) >= 11 is 21.7. The van der Waals surface area contributed by atoms with Gasteiger partial charge in [-0.15, -0.1) is 0 Å². The van der Waals surface area contributed by atoms with E-state index in [1.165, 1.54) is 32.4 Å². The van der Waals surface area contributed by atoms with Crippen LogP contribution < -0.4 is 24.4 Å². The molecule has 0 unspecified atom stereocenters. The van der Waals surface area contributed by atoms with Gasteiger partial charge in [-0.25, -0.2) is 9.69 Å². The Morgan fingerprint density at radius 1 is 0.895 bits per heavy atom. The SMILES string of the molecule is COc1cc(N2C(=O)NC(=O)/C(=C\c3ccc(OCc4ccc(Cl)cc4Cl)c(Br)c3)C2=O)c(OC)cc1Cl. The van der Waals surface area contributed by atoms with Crippen molar-refractivity contribution in [2.24, 2.45) is 0 Å². The number of rotatable bonds is 7. The minimum absolute atomic E-state index is 0.0560. The molecular formula is C26H18BrCl3N2O6. The fraction of sp³-hybridized carbons (Fsp3) is 0.115. The molecule has 38 heavy (non-hydrogen) atoms. The van der Waals surface area contributed by atoms with E-state index in [0.29, 0.717) is 25.8 Å². The zero-order valence-electron chi connectivity index (χ0n) is 19.8. The zero-order chi connectivity index (χ0) is 27.6. The van der Waals surface area contributed by atoms with Crippen LogP contribution in [-0.2, 0) is 16.2 Å². The van der Waals surface area contributed by atoms with Gasteiger partial charge in [0.1, 0.15) is 29.4 Å². The van der Waals surface area contributed by atoms with Crippen LogP contribution in [0.2, 0.25) is 15.1 Å². The molecule has 0 saturated carbocycles. The summed E-state index contributed by atoms with van der Waals surface area (Å²) in [4.78, 5) is 39.4. The predicted octanol–water partition coefficient (Wildman–Crippen LogP) is 6.67. The summed E-state index contributed by atoms with van der Waals surface area (Å²) in [5.41, 5.74) is 1.04. The first-order chi connectivity index (χ1) is 18.1. The molecule has 0 bridgehead atoms. The molecule has 1 heterocycles. The highest BCUT2D eigenvalue weighted by Gasteiger charge is 2.38. The van der Waals surface area contributed by atoms with E-state index < -0.39 is 17.8 Å². The van der Waals surface area contributed by atoms with Crippen LogP contribution in [0.5, 0.6) is 17.2 Å². The topological polar surface area (TPSA) is 94.2 Å². The second kappa shape index (κ2) is 11.7. The summed E-state index contributed by atoms with van der Waals surface area (Å²) in [7, 11) is 2.75. The summed E-state index contributed by atoms with van der Waals surface area (Å²) in [5.74, 6) is -0.837. The summed E-state index contributed by atoms with van der Waals surface area (Å²) in [6.45, 7) is 0.194. The van der Waals surface area contributed by atoms with E-state index in [2.05, 4.69) is 21.2 Å². The van der Waals surface area contributed by atoms with Gasteiger partial charge in [0.15, 0.2) is 0 Å². The summed E-state index contributed by atoms with van der Waals surface area (Å²) in [5, 5.41) is 3.39. The monoisotopic (exact) mass is 638 g/mol. The van der Waals surface area contributed by atoms with Crippen LogP contribution in [0.4, 0.5) is 10.5 Å². The molecule has 0 aromatic heterocycles. The maximum atomic E-state index is 13.4. The minimum atomic E-state index is -0.939. The van der Waals surface area contributed by atoms with Crippen molar-refractivity contribution in [1.29, 1.82) is 0 Å². The lowest BCUT2D eigenvalue weighted by Crippen LogP contribution is -2.54. The smallest absolute Gasteiger partial charge is 0.336 e. The third-order valence-corrected chi connectivity index (χ3v) is 6.96. The van der Waals surface area contributed by atoms with Crippen LogP contribution >= 0.6 is 50.7 Å². The van der Waals surface area contributed by atoms with Gasteiger partial charge < -0.3 is 14.2 Å². The average Bonchev–Trinajstić information content (AvgIpc) is 2.87. The quantitative estimate of drug-likeness (QED) is 0.229. The second-order valence-corrected chi connectivity index (χ2v) is 9.94. The van der Waals surface area contributed by atoms with Crippen LogP contribution in [0.15, 0.2) is 58.6 Å². The number of urea groups is 1. The number of ether oxygens (including phenoxy) is 3. The van der Waals surface area contributed by atoms with Crippen molar-refractivity contribution in [3.05, 3.63) is 84.8 Å². The number of hydrogen-bond acceptors (Lipinski definition) is 6. The van der Waals surface area contributed by atoms with Crippen molar-refractivity contribution < 1.29 is 28.6 Å². The lowest BCUT2D eigenvalue weighted by atomic mass is 10.1. The first kappa shape index (κ1) is 27.8. The van der Waals surface area contributed by atoms with Gasteiger partial charge in [-0.2, -0.15) is 0 Å². The average molecular weight is 641 g/mol. The van der Waals surface area contributed by atoms with E-state index in [1.807, 2.05) is 0 Å². The third-order valence-electron chi connectivity index (χ3n) is 5.46. The van der Waals surface area contributed by atoms with Gasteiger partial charge in [-0.1, -0.05) is 46.9 Å². The fourth-order valence-electron chi connectivity index (χ4n) is 3.58. The number of hydrogen-bond donors (Lipinski definition) is 1. The van der Waals surface area contributed by atoms with Crippen molar-refractivity contribution in [3.63, 3.8) is 0 Å². The summed E-state index contributed by atoms with van der Waals surface area (Å²) < 4.78 is 16.9. The normalized spacial score (nSPS) is 14.5. The van der Waals surface area contributed by atoms with E-state index in [-0.39, 0.29) is 34.4 Å². The van der Waals surface area contributed by atoms with Crippen LogP contribution in [0.25, 0.3) is 6.08 Å². The first-order valence-corrected chi connectivity index (χ1v) is 12.7. The summed E-state index contributed by atoms with van der Waals surface area (Å²) in [6.07, 6.45) is 1.36. The molecule has 196 valence electrons. The number of nitrogens with one attached hydrogen (secondary N) is 1. The van der Waals surface area contributed by atoms with E-state index in [0.717, 1.165) is 10.5 Å². The Morgan fingerprint density at radius 2 is 1.63 bits per heavy atom. The molecule has 1 N–H and O–H groups in total. The van der Waals surface area contributed by atoms with Gasteiger partial charge >= 0.3 is 6.03 Å². The number of methoxy groups -OCH3 is 2. The van der Waals surface area contributed by atoms with Gasteiger partial charge in [0.05, 0.1) is 29.4 Å². The molecule has 1 aliphatic heterocycles. The molecule has 1 fully saturated rings. The molecular weight excluding hydrogens is 623 g/mol. The summed E-state index contributed by atoms with van der Waals surface area (Å²) in [6, 6.07) is 11.9. The molecule has 8 nitrogen and oxygen atoms in total. The highest BCUT2D eigenvalue weighted by molar-refractivity contribution is 9.10.